The predicted molar refractivity (Wildman–Crippen MR) is 101 cm³/mol. The van der Waals surface area contributed by atoms with Crippen molar-refractivity contribution in [3.8, 4) is 11.5 Å². The van der Waals surface area contributed by atoms with Crippen molar-refractivity contribution in [1.82, 2.24) is 5.32 Å². The summed E-state index contributed by atoms with van der Waals surface area (Å²) in [5.74, 6) is -0.0314. The highest BCUT2D eigenvalue weighted by Gasteiger charge is 2.14. The van der Waals surface area contributed by atoms with Crippen LogP contribution in [-0.2, 0) is 4.79 Å². The third-order valence-corrected chi connectivity index (χ3v) is 4.14. The van der Waals surface area contributed by atoms with Crippen LogP contribution in [0.1, 0.15) is 30.4 Å². The first kappa shape index (κ1) is 20.4. The Labute approximate surface area is 157 Å². The molecule has 0 radical (unpaired) electrons. The van der Waals surface area contributed by atoms with Crippen LogP contribution in [0.2, 0.25) is 0 Å². The minimum absolute atomic E-state index is 0.102. The molecule has 0 aromatic heterocycles. The molecular weight excluding hydrogens is 352 g/mol. The molecule has 0 aliphatic heterocycles. The fourth-order valence-electron chi connectivity index (χ4n) is 2.71. The van der Waals surface area contributed by atoms with Crippen molar-refractivity contribution >= 4 is 12.0 Å². The van der Waals surface area contributed by atoms with Crippen LogP contribution in [0.15, 0.2) is 54.6 Å². The Morgan fingerprint density at radius 2 is 1.89 bits per heavy atom. The first-order chi connectivity index (χ1) is 13.0. The van der Waals surface area contributed by atoms with E-state index in [0.717, 1.165) is 12.0 Å². The van der Waals surface area contributed by atoms with Crippen LogP contribution in [0.25, 0.3) is 6.08 Å². The molecule has 2 rings (SSSR count). The molecular formula is C21H23F2NO3. The van der Waals surface area contributed by atoms with Crippen molar-refractivity contribution in [2.75, 3.05) is 13.7 Å². The summed E-state index contributed by atoms with van der Waals surface area (Å²) in [7, 11) is 1.36. The van der Waals surface area contributed by atoms with Gasteiger partial charge in [0.1, 0.15) is 0 Å². The third-order valence-electron chi connectivity index (χ3n) is 4.14. The molecule has 4 nitrogen and oxygen atoms in total. The molecule has 1 unspecified atom stereocenters. The molecule has 144 valence electrons. The molecule has 6 heteroatoms. The van der Waals surface area contributed by atoms with E-state index in [1.807, 2.05) is 30.3 Å². The Kier molecular flexibility index (Phi) is 7.79. The highest BCUT2D eigenvalue weighted by atomic mass is 19.3. The van der Waals surface area contributed by atoms with E-state index in [-0.39, 0.29) is 23.3 Å². The second kappa shape index (κ2) is 10.3. The van der Waals surface area contributed by atoms with E-state index in [1.54, 1.807) is 12.1 Å². The van der Waals surface area contributed by atoms with Gasteiger partial charge in [-0.2, -0.15) is 8.78 Å². The van der Waals surface area contributed by atoms with Crippen molar-refractivity contribution < 1.29 is 23.0 Å². The molecule has 0 aliphatic carbocycles. The number of methoxy groups -OCH3 is 1. The molecule has 0 bridgehead atoms. The van der Waals surface area contributed by atoms with E-state index < -0.39 is 6.61 Å². The van der Waals surface area contributed by atoms with Crippen LogP contribution in [-0.4, -0.2) is 26.2 Å². The number of ether oxygens (including phenoxy) is 2. The van der Waals surface area contributed by atoms with Crippen LogP contribution in [0.5, 0.6) is 11.5 Å². The maximum Gasteiger partial charge on any atom is 0.387 e. The number of para-hydroxylation sites is 1. The van der Waals surface area contributed by atoms with Crippen molar-refractivity contribution in [3.63, 3.8) is 0 Å². The number of hydrogen-bond donors (Lipinski definition) is 1. The minimum Gasteiger partial charge on any atom is -0.493 e. The van der Waals surface area contributed by atoms with Crippen LogP contribution in [0.4, 0.5) is 8.78 Å². The summed E-state index contributed by atoms with van der Waals surface area (Å²) in [5, 5.41) is 2.85. The summed E-state index contributed by atoms with van der Waals surface area (Å²) in [6.07, 6.45) is 3.61. The lowest BCUT2D eigenvalue weighted by Gasteiger charge is -2.15. The molecule has 0 spiro atoms. The fraction of sp³-hybridized carbons (Fsp3) is 0.286. The molecule has 2 aromatic rings. The lowest BCUT2D eigenvalue weighted by atomic mass is 9.96. The second-order valence-electron chi connectivity index (χ2n) is 5.85. The van der Waals surface area contributed by atoms with Crippen molar-refractivity contribution in [3.05, 3.63) is 65.7 Å². The van der Waals surface area contributed by atoms with Gasteiger partial charge in [0.25, 0.3) is 0 Å². The van der Waals surface area contributed by atoms with E-state index in [4.69, 9.17) is 4.74 Å². The van der Waals surface area contributed by atoms with Crippen molar-refractivity contribution in [1.29, 1.82) is 0 Å². The zero-order valence-corrected chi connectivity index (χ0v) is 15.3. The van der Waals surface area contributed by atoms with E-state index in [2.05, 4.69) is 17.0 Å². The minimum atomic E-state index is -2.99. The summed E-state index contributed by atoms with van der Waals surface area (Å²) in [5.41, 5.74) is 1.49. The molecule has 1 amide bonds. The average Bonchev–Trinajstić information content (AvgIpc) is 2.68. The lowest BCUT2D eigenvalue weighted by Crippen LogP contribution is -2.26. The first-order valence-corrected chi connectivity index (χ1v) is 8.67. The molecule has 1 N–H and O–H groups in total. The van der Waals surface area contributed by atoms with Crippen LogP contribution < -0.4 is 14.8 Å². The SMILES string of the molecule is CCC(CNC(=O)/C=C/c1cccc(OC)c1OC(F)F)c1ccccc1. The molecule has 0 saturated carbocycles. The van der Waals surface area contributed by atoms with Gasteiger partial charge in [0.05, 0.1) is 7.11 Å². The molecule has 0 saturated heterocycles. The molecule has 2 aromatic carbocycles. The van der Waals surface area contributed by atoms with E-state index >= 15 is 0 Å². The third kappa shape index (κ3) is 6.09. The zero-order chi connectivity index (χ0) is 19.6. The van der Waals surface area contributed by atoms with E-state index in [1.165, 1.54) is 25.3 Å². The number of halogens is 2. The average molecular weight is 375 g/mol. The Bertz CT molecular complexity index is 763. The van der Waals surface area contributed by atoms with Crippen LogP contribution in [0, 0.1) is 0 Å². The summed E-state index contributed by atoms with van der Waals surface area (Å²) in [6.45, 7) is -0.440. The largest absolute Gasteiger partial charge is 0.493 e. The van der Waals surface area contributed by atoms with Crippen LogP contribution in [0.3, 0.4) is 0 Å². The molecule has 0 heterocycles. The molecule has 0 aliphatic rings. The maximum absolute atomic E-state index is 12.6. The Balaban J connectivity index is 2.04. The first-order valence-electron chi connectivity index (χ1n) is 8.67. The number of benzene rings is 2. The van der Waals surface area contributed by atoms with E-state index in [0.29, 0.717) is 12.1 Å². The standard InChI is InChI=1S/C21H23F2NO3/c1-3-15(16-8-5-4-6-9-16)14-24-19(25)13-12-17-10-7-11-18(26-2)20(17)27-21(22)23/h4-13,15,21H,3,14H2,1-2H3,(H,24,25)/b13-12+. The van der Waals surface area contributed by atoms with Crippen LogP contribution >= 0.6 is 0 Å². The number of nitrogens with one attached hydrogen (secondary N) is 1. The Morgan fingerprint density at radius 1 is 1.15 bits per heavy atom. The molecule has 27 heavy (non-hydrogen) atoms. The monoisotopic (exact) mass is 375 g/mol. The van der Waals surface area contributed by atoms with Gasteiger partial charge < -0.3 is 14.8 Å². The number of alkyl halides is 2. The van der Waals surface area contributed by atoms with Gasteiger partial charge in [-0.15, -0.1) is 0 Å². The Hall–Kier alpha value is -2.89. The summed E-state index contributed by atoms with van der Waals surface area (Å²) in [4.78, 5) is 12.1. The number of carbonyl (C=O) groups is 1. The van der Waals surface area contributed by atoms with Gasteiger partial charge in [-0.3, -0.25) is 4.79 Å². The zero-order valence-electron chi connectivity index (χ0n) is 15.3. The van der Waals surface area contributed by atoms with Gasteiger partial charge >= 0.3 is 6.61 Å². The molecule has 0 fully saturated rings. The van der Waals surface area contributed by atoms with Gasteiger partial charge in [0, 0.05) is 24.1 Å². The van der Waals surface area contributed by atoms with Gasteiger partial charge in [0.2, 0.25) is 5.91 Å². The predicted octanol–water partition coefficient (Wildman–Crippen LogP) is 4.62. The number of hydrogen-bond acceptors (Lipinski definition) is 3. The van der Waals surface area contributed by atoms with Crippen molar-refractivity contribution in [2.24, 2.45) is 0 Å². The number of amides is 1. The topological polar surface area (TPSA) is 47.6 Å². The van der Waals surface area contributed by atoms with Gasteiger partial charge in [0.15, 0.2) is 11.5 Å². The lowest BCUT2D eigenvalue weighted by molar-refractivity contribution is -0.116. The fourth-order valence-corrected chi connectivity index (χ4v) is 2.71. The second-order valence-corrected chi connectivity index (χ2v) is 5.85. The summed E-state index contributed by atoms with van der Waals surface area (Å²) < 4.78 is 34.9. The smallest absolute Gasteiger partial charge is 0.387 e. The van der Waals surface area contributed by atoms with Gasteiger partial charge in [-0.05, 0) is 24.1 Å². The highest BCUT2D eigenvalue weighted by molar-refractivity contribution is 5.92. The van der Waals surface area contributed by atoms with Gasteiger partial charge in [-0.25, -0.2) is 0 Å². The van der Waals surface area contributed by atoms with E-state index in [9.17, 15) is 13.6 Å². The quantitative estimate of drug-likeness (QED) is 0.651. The maximum atomic E-state index is 12.6. The van der Waals surface area contributed by atoms with Gasteiger partial charge in [-0.1, -0.05) is 49.4 Å². The highest BCUT2D eigenvalue weighted by Crippen LogP contribution is 2.33. The summed E-state index contributed by atoms with van der Waals surface area (Å²) in [6, 6.07) is 14.7. The number of rotatable bonds is 9. The number of carbonyl (C=O) groups excluding carboxylic acids is 1. The molecule has 1 atom stereocenters. The Morgan fingerprint density at radius 3 is 2.52 bits per heavy atom. The normalized spacial score (nSPS) is 12.2. The van der Waals surface area contributed by atoms with Crippen molar-refractivity contribution in [2.45, 2.75) is 25.9 Å². The summed E-state index contributed by atoms with van der Waals surface area (Å²) >= 11 is 0.